The second-order valence-electron chi connectivity index (χ2n) is 5.33. The summed E-state index contributed by atoms with van der Waals surface area (Å²) in [4.78, 5) is 36.2. The normalized spacial score (nSPS) is 13.0. The van der Waals surface area contributed by atoms with Gasteiger partial charge in [-0.2, -0.15) is 0 Å². The molecule has 0 spiro atoms. The van der Waals surface area contributed by atoms with E-state index in [4.69, 9.17) is 5.73 Å². The molecule has 3 rings (SSSR count). The Morgan fingerprint density at radius 1 is 1.18 bits per heavy atom. The molecular formula is C16H13BrN2O3. The number of rotatable bonds is 2. The number of carbonyl (C=O) groups excluding carboxylic acids is 3. The van der Waals surface area contributed by atoms with Crippen molar-refractivity contribution in [3.8, 4) is 11.1 Å². The van der Waals surface area contributed by atoms with Gasteiger partial charge < -0.3 is 10.3 Å². The molecule has 0 fully saturated rings. The molecular weight excluding hydrogens is 348 g/mol. The maximum absolute atomic E-state index is 12.5. The molecule has 0 bridgehead atoms. The lowest BCUT2D eigenvalue weighted by atomic mass is 9.86. The Balaban J connectivity index is 2.40. The zero-order chi connectivity index (χ0) is 16.2. The summed E-state index contributed by atoms with van der Waals surface area (Å²) in [6.07, 6.45) is 0. The molecule has 2 aromatic rings. The summed E-state index contributed by atoms with van der Waals surface area (Å²) < 4.78 is 2.36. The van der Waals surface area contributed by atoms with Gasteiger partial charge in [-0.1, -0.05) is 15.9 Å². The molecule has 22 heavy (non-hydrogen) atoms. The first kappa shape index (κ1) is 14.7. The molecule has 6 heteroatoms. The lowest BCUT2D eigenvalue weighted by Crippen LogP contribution is -2.27. The zero-order valence-electron chi connectivity index (χ0n) is 12.1. The Bertz CT molecular complexity index is 865. The maximum Gasteiger partial charge on any atom is 0.250 e. The fourth-order valence-electron chi connectivity index (χ4n) is 2.93. The smallest absolute Gasteiger partial charge is 0.250 e. The number of carbonyl (C=O) groups is 3. The highest BCUT2D eigenvalue weighted by Crippen LogP contribution is 2.40. The van der Waals surface area contributed by atoms with Gasteiger partial charge in [0, 0.05) is 21.3 Å². The van der Waals surface area contributed by atoms with Crippen LogP contribution in [-0.4, -0.2) is 22.0 Å². The van der Waals surface area contributed by atoms with Crippen molar-refractivity contribution in [2.75, 3.05) is 0 Å². The quantitative estimate of drug-likeness (QED) is 0.834. The second-order valence-corrected chi connectivity index (χ2v) is 6.25. The minimum Gasteiger partial charge on any atom is -0.368 e. The lowest BCUT2D eigenvalue weighted by molar-refractivity contribution is -0.118. The number of aromatic nitrogens is 1. The van der Waals surface area contributed by atoms with Crippen molar-refractivity contribution in [1.29, 1.82) is 0 Å². The van der Waals surface area contributed by atoms with E-state index in [9.17, 15) is 14.4 Å². The van der Waals surface area contributed by atoms with E-state index >= 15 is 0 Å². The summed E-state index contributed by atoms with van der Waals surface area (Å²) >= 11 is 3.39. The molecule has 1 amide bonds. The molecule has 2 N–H and O–H groups in total. The highest BCUT2D eigenvalue weighted by molar-refractivity contribution is 9.10. The van der Waals surface area contributed by atoms with Gasteiger partial charge in [0.1, 0.15) is 12.2 Å². The predicted octanol–water partition coefficient (Wildman–Crippen LogP) is 2.40. The first-order valence-electron chi connectivity index (χ1n) is 6.70. The average molecular weight is 361 g/mol. The van der Waals surface area contributed by atoms with E-state index in [2.05, 4.69) is 15.9 Å². The number of primary amides is 1. The number of ketones is 2. The van der Waals surface area contributed by atoms with Crippen molar-refractivity contribution in [3.63, 3.8) is 0 Å². The summed E-state index contributed by atoms with van der Waals surface area (Å²) in [6, 6.07) is 5.19. The van der Waals surface area contributed by atoms with Gasteiger partial charge >= 0.3 is 0 Å². The average Bonchev–Trinajstić information content (AvgIpc) is 2.69. The fourth-order valence-corrected chi connectivity index (χ4v) is 3.30. The highest BCUT2D eigenvalue weighted by atomic mass is 79.9. The largest absolute Gasteiger partial charge is 0.368 e. The topological polar surface area (TPSA) is 82.2 Å². The zero-order valence-corrected chi connectivity index (χ0v) is 13.7. The van der Waals surface area contributed by atoms with Gasteiger partial charge in [0.05, 0.1) is 0 Å². The number of benzene rings is 1. The van der Waals surface area contributed by atoms with Gasteiger partial charge in [-0.15, -0.1) is 0 Å². The predicted molar refractivity (Wildman–Crippen MR) is 84.9 cm³/mol. The van der Waals surface area contributed by atoms with Crippen LogP contribution in [0.2, 0.25) is 0 Å². The van der Waals surface area contributed by atoms with Crippen LogP contribution in [0.15, 0.2) is 22.7 Å². The Morgan fingerprint density at radius 3 is 2.50 bits per heavy atom. The first-order valence-corrected chi connectivity index (χ1v) is 7.49. The molecule has 1 aliphatic rings. The number of hydrogen-bond acceptors (Lipinski definition) is 3. The Hall–Kier alpha value is -2.21. The third-order valence-corrected chi connectivity index (χ3v) is 4.55. The van der Waals surface area contributed by atoms with Crippen molar-refractivity contribution in [2.45, 2.75) is 20.4 Å². The van der Waals surface area contributed by atoms with Crippen LogP contribution in [0, 0.1) is 13.8 Å². The van der Waals surface area contributed by atoms with Gasteiger partial charge in [-0.3, -0.25) is 14.4 Å². The van der Waals surface area contributed by atoms with E-state index in [1.807, 2.05) is 19.9 Å². The van der Waals surface area contributed by atoms with Crippen LogP contribution < -0.4 is 5.73 Å². The lowest BCUT2D eigenvalue weighted by Gasteiger charge is -2.17. The van der Waals surface area contributed by atoms with Crippen molar-refractivity contribution < 1.29 is 14.4 Å². The SMILES string of the molecule is Cc1c2c(n(CC(N)=O)c1C)C(=O)C(=O)c1ccc(Br)cc1-2. The van der Waals surface area contributed by atoms with E-state index < -0.39 is 17.5 Å². The van der Waals surface area contributed by atoms with E-state index in [1.165, 1.54) is 4.57 Å². The van der Waals surface area contributed by atoms with E-state index in [0.717, 1.165) is 15.7 Å². The number of Topliss-reactive ketones (excluding diaryl/α,β-unsaturated/α-hetero) is 2. The maximum atomic E-state index is 12.5. The third-order valence-electron chi connectivity index (χ3n) is 4.06. The summed E-state index contributed by atoms with van der Waals surface area (Å²) in [5.41, 5.74) is 8.96. The van der Waals surface area contributed by atoms with Crippen molar-refractivity contribution in [3.05, 3.63) is 45.2 Å². The minimum absolute atomic E-state index is 0.121. The summed E-state index contributed by atoms with van der Waals surface area (Å²) in [5.74, 6) is -1.71. The number of hydrogen-bond donors (Lipinski definition) is 1. The van der Waals surface area contributed by atoms with Gasteiger partial charge in [0.2, 0.25) is 11.7 Å². The van der Waals surface area contributed by atoms with E-state index in [-0.39, 0.29) is 12.2 Å². The Labute approximate surface area is 135 Å². The van der Waals surface area contributed by atoms with Crippen molar-refractivity contribution in [2.24, 2.45) is 5.73 Å². The molecule has 112 valence electrons. The van der Waals surface area contributed by atoms with Gasteiger partial charge in [-0.25, -0.2) is 0 Å². The molecule has 0 atom stereocenters. The standard InChI is InChI=1S/C16H13BrN2O3/c1-7-8(2)19(6-12(18)20)14-13(7)11-5-9(17)3-4-10(11)15(21)16(14)22/h3-5H,6H2,1-2H3,(H2,18,20). The molecule has 5 nitrogen and oxygen atoms in total. The number of halogens is 1. The summed E-state index contributed by atoms with van der Waals surface area (Å²) in [5, 5.41) is 0. The minimum atomic E-state index is -0.595. The van der Waals surface area contributed by atoms with Crippen LogP contribution >= 0.6 is 15.9 Å². The molecule has 0 saturated carbocycles. The summed E-state index contributed by atoms with van der Waals surface area (Å²) in [6.45, 7) is 3.57. The number of nitrogens with two attached hydrogens (primary N) is 1. The van der Waals surface area contributed by atoms with Crippen LogP contribution in [-0.2, 0) is 11.3 Å². The molecule has 0 unspecified atom stereocenters. The molecule has 1 aromatic heterocycles. The van der Waals surface area contributed by atoms with Crippen LogP contribution in [0.4, 0.5) is 0 Å². The number of fused-ring (bicyclic) bond motifs is 3. The van der Waals surface area contributed by atoms with Crippen molar-refractivity contribution >= 4 is 33.4 Å². The summed E-state index contributed by atoms with van der Waals surface area (Å²) in [7, 11) is 0. The van der Waals surface area contributed by atoms with E-state index in [1.54, 1.807) is 12.1 Å². The number of amides is 1. The Morgan fingerprint density at radius 2 is 1.86 bits per heavy atom. The number of nitrogens with zero attached hydrogens (tertiary/aromatic N) is 1. The van der Waals surface area contributed by atoms with Crippen LogP contribution in [0.25, 0.3) is 11.1 Å². The van der Waals surface area contributed by atoms with Gasteiger partial charge in [0.25, 0.3) is 5.78 Å². The first-order chi connectivity index (χ1) is 10.3. The van der Waals surface area contributed by atoms with Crippen LogP contribution in [0.5, 0.6) is 0 Å². The van der Waals surface area contributed by atoms with Crippen molar-refractivity contribution in [1.82, 2.24) is 4.57 Å². The van der Waals surface area contributed by atoms with Crippen LogP contribution in [0.1, 0.15) is 32.1 Å². The molecule has 0 saturated heterocycles. The van der Waals surface area contributed by atoms with Crippen LogP contribution in [0.3, 0.4) is 0 Å². The van der Waals surface area contributed by atoms with Gasteiger partial charge in [0.15, 0.2) is 0 Å². The second kappa shape index (κ2) is 4.91. The molecule has 1 heterocycles. The molecule has 0 radical (unpaired) electrons. The fraction of sp³-hybridized carbons (Fsp3) is 0.188. The highest BCUT2D eigenvalue weighted by Gasteiger charge is 2.36. The Kier molecular flexibility index (Phi) is 3.29. The monoisotopic (exact) mass is 360 g/mol. The third kappa shape index (κ3) is 1.94. The molecule has 0 aliphatic heterocycles. The molecule has 1 aromatic carbocycles. The van der Waals surface area contributed by atoms with E-state index in [0.29, 0.717) is 16.7 Å². The van der Waals surface area contributed by atoms with Gasteiger partial charge in [-0.05, 0) is 43.2 Å². The molecule has 1 aliphatic carbocycles.